The van der Waals surface area contributed by atoms with Crippen LogP contribution in [0.1, 0.15) is 35.8 Å². The first-order valence-corrected chi connectivity index (χ1v) is 6.38. The molecule has 100 valence electrons. The van der Waals surface area contributed by atoms with E-state index in [1.165, 1.54) is 0 Å². The number of hydrogen-bond donors (Lipinski definition) is 0. The standard InChI is InChI=1S/C15H18N2O2/c1-4-17-14(13(19-3)10-16-17)15(18)11(2)12-8-6-5-7-9-12/h5-11H,4H2,1-3H3. The summed E-state index contributed by atoms with van der Waals surface area (Å²) >= 11 is 0. The molecule has 1 aromatic heterocycles. The second kappa shape index (κ2) is 5.69. The molecule has 4 heteroatoms. The van der Waals surface area contributed by atoms with Crippen molar-refractivity contribution in [1.82, 2.24) is 9.78 Å². The molecule has 0 radical (unpaired) electrons. The van der Waals surface area contributed by atoms with Gasteiger partial charge in [-0.25, -0.2) is 0 Å². The topological polar surface area (TPSA) is 44.1 Å². The van der Waals surface area contributed by atoms with Crippen molar-refractivity contribution in [3.05, 3.63) is 47.8 Å². The van der Waals surface area contributed by atoms with Gasteiger partial charge in [0.05, 0.1) is 13.3 Å². The van der Waals surface area contributed by atoms with Gasteiger partial charge in [0.1, 0.15) is 5.69 Å². The van der Waals surface area contributed by atoms with Gasteiger partial charge in [-0.15, -0.1) is 0 Å². The number of carbonyl (C=O) groups is 1. The molecule has 0 aliphatic rings. The third-order valence-electron chi connectivity index (χ3n) is 3.25. The zero-order valence-electron chi connectivity index (χ0n) is 11.5. The summed E-state index contributed by atoms with van der Waals surface area (Å²) in [5.74, 6) is 0.356. The van der Waals surface area contributed by atoms with Crippen molar-refractivity contribution in [2.24, 2.45) is 0 Å². The third-order valence-corrected chi connectivity index (χ3v) is 3.25. The maximum atomic E-state index is 12.6. The molecule has 4 nitrogen and oxygen atoms in total. The number of ether oxygens (including phenoxy) is 1. The minimum Gasteiger partial charge on any atom is -0.493 e. The molecule has 0 amide bonds. The molecule has 0 aliphatic heterocycles. The highest BCUT2D eigenvalue weighted by atomic mass is 16.5. The summed E-state index contributed by atoms with van der Waals surface area (Å²) in [7, 11) is 1.56. The molecule has 0 saturated heterocycles. The van der Waals surface area contributed by atoms with Crippen LogP contribution in [-0.2, 0) is 6.54 Å². The number of nitrogens with zero attached hydrogens (tertiary/aromatic N) is 2. The van der Waals surface area contributed by atoms with Crippen molar-refractivity contribution in [3.8, 4) is 5.75 Å². The molecule has 0 fully saturated rings. The fourth-order valence-electron chi connectivity index (χ4n) is 2.10. The molecule has 2 rings (SSSR count). The van der Waals surface area contributed by atoms with Gasteiger partial charge in [-0.1, -0.05) is 37.3 Å². The first-order chi connectivity index (χ1) is 9.19. The molecule has 0 bridgehead atoms. The summed E-state index contributed by atoms with van der Waals surface area (Å²) in [6.45, 7) is 4.51. The molecule has 1 aromatic carbocycles. The van der Waals surface area contributed by atoms with Gasteiger partial charge in [0.25, 0.3) is 0 Å². The largest absolute Gasteiger partial charge is 0.493 e. The van der Waals surface area contributed by atoms with E-state index in [0.717, 1.165) is 5.56 Å². The summed E-state index contributed by atoms with van der Waals surface area (Å²) in [6.07, 6.45) is 1.59. The molecule has 1 atom stereocenters. The number of aromatic nitrogens is 2. The van der Waals surface area contributed by atoms with Crippen molar-refractivity contribution < 1.29 is 9.53 Å². The lowest BCUT2D eigenvalue weighted by atomic mass is 9.94. The average molecular weight is 258 g/mol. The normalized spacial score (nSPS) is 12.2. The lowest BCUT2D eigenvalue weighted by molar-refractivity contribution is 0.0952. The maximum Gasteiger partial charge on any atom is 0.191 e. The first-order valence-electron chi connectivity index (χ1n) is 6.38. The van der Waals surface area contributed by atoms with E-state index in [4.69, 9.17) is 4.74 Å². The Balaban J connectivity index is 2.36. The van der Waals surface area contributed by atoms with Gasteiger partial charge < -0.3 is 4.74 Å². The summed E-state index contributed by atoms with van der Waals surface area (Å²) in [5, 5.41) is 4.17. The fourth-order valence-corrected chi connectivity index (χ4v) is 2.10. The predicted octanol–water partition coefficient (Wildman–Crippen LogP) is 2.90. The van der Waals surface area contributed by atoms with E-state index in [9.17, 15) is 4.79 Å². The average Bonchev–Trinajstić information content (AvgIpc) is 2.89. The number of benzene rings is 1. The molecule has 0 spiro atoms. The van der Waals surface area contributed by atoms with Crippen LogP contribution in [0.2, 0.25) is 0 Å². The minimum absolute atomic E-state index is 0.0300. The molecular formula is C15H18N2O2. The van der Waals surface area contributed by atoms with Crippen molar-refractivity contribution in [1.29, 1.82) is 0 Å². The zero-order valence-corrected chi connectivity index (χ0v) is 11.5. The van der Waals surface area contributed by atoms with E-state index < -0.39 is 0 Å². The highest BCUT2D eigenvalue weighted by Gasteiger charge is 2.24. The number of carbonyl (C=O) groups excluding carboxylic acids is 1. The van der Waals surface area contributed by atoms with E-state index in [1.54, 1.807) is 18.0 Å². The monoisotopic (exact) mass is 258 g/mol. The van der Waals surface area contributed by atoms with Crippen molar-refractivity contribution in [2.75, 3.05) is 7.11 Å². The van der Waals surface area contributed by atoms with Gasteiger partial charge in [-0.2, -0.15) is 5.10 Å². The van der Waals surface area contributed by atoms with Gasteiger partial charge in [0.2, 0.25) is 0 Å². The predicted molar refractivity (Wildman–Crippen MR) is 73.6 cm³/mol. The molecule has 0 aliphatic carbocycles. The SMILES string of the molecule is CCn1ncc(OC)c1C(=O)C(C)c1ccccc1. The second-order valence-corrected chi connectivity index (χ2v) is 4.37. The highest BCUT2D eigenvalue weighted by Crippen LogP contribution is 2.26. The third kappa shape index (κ3) is 2.52. The quantitative estimate of drug-likeness (QED) is 0.774. The lowest BCUT2D eigenvalue weighted by Gasteiger charge is -2.13. The van der Waals surface area contributed by atoms with Crippen molar-refractivity contribution in [3.63, 3.8) is 0 Å². The molecule has 2 aromatic rings. The second-order valence-electron chi connectivity index (χ2n) is 4.37. The Labute approximate surface area is 113 Å². The Kier molecular flexibility index (Phi) is 4.00. The summed E-state index contributed by atoms with van der Waals surface area (Å²) in [5.41, 5.74) is 1.54. The van der Waals surface area contributed by atoms with Gasteiger partial charge in [0.15, 0.2) is 11.5 Å². The van der Waals surface area contributed by atoms with E-state index >= 15 is 0 Å². The molecule has 19 heavy (non-hydrogen) atoms. The van der Waals surface area contributed by atoms with Gasteiger partial charge >= 0.3 is 0 Å². The number of methoxy groups -OCH3 is 1. The van der Waals surface area contributed by atoms with E-state index in [0.29, 0.717) is 18.0 Å². The Morgan fingerprint density at radius 2 is 2.05 bits per heavy atom. The number of Topliss-reactive ketones (excluding diaryl/α,β-unsaturated/α-hetero) is 1. The maximum absolute atomic E-state index is 12.6. The molecular weight excluding hydrogens is 240 g/mol. The Morgan fingerprint density at radius 3 is 2.63 bits per heavy atom. The van der Waals surface area contributed by atoms with Crippen LogP contribution in [0, 0.1) is 0 Å². The number of rotatable bonds is 5. The van der Waals surface area contributed by atoms with Gasteiger partial charge in [0, 0.05) is 12.5 Å². The Bertz CT molecular complexity index is 539. The van der Waals surface area contributed by atoms with E-state index in [-0.39, 0.29) is 11.7 Å². The fraction of sp³-hybridized carbons (Fsp3) is 0.333. The number of hydrogen-bond acceptors (Lipinski definition) is 3. The van der Waals surface area contributed by atoms with Crippen LogP contribution >= 0.6 is 0 Å². The molecule has 1 heterocycles. The van der Waals surface area contributed by atoms with Crippen LogP contribution in [0.5, 0.6) is 5.75 Å². The van der Waals surface area contributed by atoms with Crippen LogP contribution in [-0.4, -0.2) is 22.7 Å². The Hall–Kier alpha value is -2.10. The summed E-state index contributed by atoms with van der Waals surface area (Å²) in [4.78, 5) is 12.6. The van der Waals surface area contributed by atoms with Crippen LogP contribution in [0.3, 0.4) is 0 Å². The van der Waals surface area contributed by atoms with Gasteiger partial charge in [-0.3, -0.25) is 9.48 Å². The number of ketones is 1. The van der Waals surface area contributed by atoms with Gasteiger partial charge in [-0.05, 0) is 12.5 Å². The molecule has 0 N–H and O–H groups in total. The van der Waals surface area contributed by atoms with Crippen LogP contribution in [0.15, 0.2) is 36.5 Å². The lowest BCUT2D eigenvalue weighted by Crippen LogP contribution is -2.16. The first kappa shape index (κ1) is 13.3. The molecule has 1 unspecified atom stereocenters. The summed E-state index contributed by atoms with van der Waals surface area (Å²) in [6, 6.07) is 9.74. The van der Waals surface area contributed by atoms with Crippen LogP contribution < -0.4 is 4.74 Å². The minimum atomic E-state index is -0.211. The summed E-state index contributed by atoms with van der Waals surface area (Å²) < 4.78 is 6.91. The zero-order chi connectivity index (χ0) is 13.8. The van der Waals surface area contributed by atoms with Crippen molar-refractivity contribution >= 4 is 5.78 Å². The van der Waals surface area contributed by atoms with E-state index in [2.05, 4.69) is 5.10 Å². The van der Waals surface area contributed by atoms with Crippen LogP contribution in [0.4, 0.5) is 0 Å². The molecule has 0 saturated carbocycles. The smallest absolute Gasteiger partial charge is 0.191 e. The van der Waals surface area contributed by atoms with E-state index in [1.807, 2.05) is 44.2 Å². The Morgan fingerprint density at radius 1 is 1.37 bits per heavy atom. The highest BCUT2D eigenvalue weighted by molar-refractivity contribution is 6.01. The number of aryl methyl sites for hydroxylation is 1. The van der Waals surface area contributed by atoms with Crippen molar-refractivity contribution in [2.45, 2.75) is 26.3 Å². The van der Waals surface area contributed by atoms with Crippen LogP contribution in [0.25, 0.3) is 0 Å².